The Bertz CT molecular complexity index is 977. The van der Waals surface area contributed by atoms with E-state index < -0.39 is 10.1 Å². The van der Waals surface area contributed by atoms with Gasteiger partial charge in [0, 0.05) is 28.6 Å². The summed E-state index contributed by atoms with van der Waals surface area (Å²) in [6.07, 6.45) is 0. The summed E-state index contributed by atoms with van der Waals surface area (Å²) in [5.41, 5.74) is 0.593. The minimum atomic E-state index is -4.49. The van der Waals surface area contributed by atoms with Crippen molar-refractivity contribution in [2.45, 2.75) is 4.90 Å². The molecule has 3 rings (SSSR count). The van der Waals surface area contributed by atoms with Crippen LogP contribution in [0.1, 0.15) is 0 Å². The number of hydrogen-bond donors (Lipinski definition) is 3. The normalized spacial score (nSPS) is 11.7. The zero-order chi connectivity index (χ0) is 15.9. The molecular weight excluding hydrogens is 304 g/mol. The van der Waals surface area contributed by atoms with Crippen LogP contribution in [0.15, 0.2) is 53.4 Å². The van der Waals surface area contributed by atoms with Gasteiger partial charge in [-0.25, -0.2) is 0 Å². The Morgan fingerprint density at radius 2 is 1.64 bits per heavy atom. The first kappa shape index (κ1) is 14.4. The van der Waals surface area contributed by atoms with E-state index in [0.29, 0.717) is 10.9 Å². The maximum Gasteiger partial charge on any atom is 0.295 e. The van der Waals surface area contributed by atoms with E-state index >= 15 is 0 Å². The van der Waals surface area contributed by atoms with Crippen LogP contribution >= 0.6 is 0 Å². The number of aromatic hydroxyl groups is 2. The molecule has 0 bridgehead atoms. The minimum Gasteiger partial charge on any atom is -0.507 e. The van der Waals surface area contributed by atoms with Crippen LogP contribution in [0.4, 0.5) is 0 Å². The molecule has 6 heteroatoms. The van der Waals surface area contributed by atoms with Crippen LogP contribution in [-0.4, -0.2) is 23.2 Å². The molecule has 3 aromatic rings. The Balaban J connectivity index is 2.49. The van der Waals surface area contributed by atoms with E-state index in [1.807, 2.05) is 0 Å². The summed E-state index contributed by atoms with van der Waals surface area (Å²) >= 11 is 0. The fourth-order valence-electron chi connectivity index (χ4n) is 2.45. The third-order valence-corrected chi connectivity index (χ3v) is 4.26. The van der Waals surface area contributed by atoms with Gasteiger partial charge in [-0.3, -0.25) is 4.55 Å². The third-order valence-electron chi connectivity index (χ3n) is 3.37. The maximum absolute atomic E-state index is 11.5. The van der Waals surface area contributed by atoms with Gasteiger partial charge in [0.25, 0.3) is 10.1 Å². The van der Waals surface area contributed by atoms with Crippen molar-refractivity contribution in [3.63, 3.8) is 0 Å². The molecule has 0 spiro atoms. The summed E-state index contributed by atoms with van der Waals surface area (Å²) in [6, 6.07) is 14.7. The van der Waals surface area contributed by atoms with E-state index in [4.69, 9.17) is 0 Å². The van der Waals surface area contributed by atoms with E-state index in [1.54, 1.807) is 30.3 Å². The second-order valence-corrected chi connectivity index (χ2v) is 6.11. The standard InChI is InChI=1S/C16H11O5S/c17-13-8-4-3-7-12(13)16-11-6-2-1-5-10(11)15(9-14(16)18)22(19,20)21/h1-7,9,17-18H,(H,19,20,21). The van der Waals surface area contributed by atoms with Crippen molar-refractivity contribution in [1.29, 1.82) is 0 Å². The minimum absolute atomic E-state index is 0.164. The molecule has 111 valence electrons. The van der Waals surface area contributed by atoms with E-state index in [0.717, 1.165) is 6.07 Å². The van der Waals surface area contributed by atoms with Crippen molar-refractivity contribution in [2.75, 3.05) is 0 Å². The van der Waals surface area contributed by atoms with Crippen molar-refractivity contribution in [3.8, 4) is 22.6 Å². The molecule has 0 aromatic heterocycles. The molecule has 0 unspecified atom stereocenters. The molecule has 5 nitrogen and oxygen atoms in total. The summed E-state index contributed by atoms with van der Waals surface area (Å²) in [7, 11) is -4.49. The molecule has 0 saturated heterocycles. The first-order chi connectivity index (χ1) is 10.4. The van der Waals surface area contributed by atoms with E-state index in [-0.39, 0.29) is 27.3 Å². The van der Waals surface area contributed by atoms with Gasteiger partial charge in [0.05, 0.1) is 0 Å². The largest absolute Gasteiger partial charge is 0.507 e. The number of fused-ring (bicyclic) bond motifs is 1. The SMILES string of the molecule is O=S(=O)(O)c1cc(O)c(-c2ccc[c]c2O)c2ccccc12. The number of phenols is 2. The second-order valence-electron chi connectivity index (χ2n) is 4.72. The lowest BCUT2D eigenvalue weighted by Crippen LogP contribution is -2.00. The Hall–Kier alpha value is -2.57. The number of para-hydroxylation sites is 1. The topological polar surface area (TPSA) is 94.8 Å². The molecule has 22 heavy (non-hydrogen) atoms. The average molecular weight is 315 g/mol. The predicted octanol–water partition coefficient (Wildman–Crippen LogP) is 2.96. The molecule has 0 saturated carbocycles. The summed E-state index contributed by atoms with van der Waals surface area (Å²) in [5, 5.41) is 20.8. The zero-order valence-corrected chi connectivity index (χ0v) is 12.0. The molecule has 1 radical (unpaired) electrons. The van der Waals surface area contributed by atoms with Crippen LogP contribution in [0.3, 0.4) is 0 Å². The molecule has 0 fully saturated rings. The van der Waals surface area contributed by atoms with Gasteiger partial charge in [0.2, 0.25) is 0 Å². The quantitative estimate of drug-likeness (QED) is 0.632. The highest BCUT2D eigenvalue weighted by Crippen LogP contribution is 2.42. The van der Waals surface area contributed by atoms with Crippen molar-refractivity contribution < 1.29 is 23.2 Å². The summed E-state index contributed by atoms with van der Waals surface area (Å²) in [4.78, 5) is -0.385. The van der Waals surface area contributed by atoms with Gasteiger partial charge in [-0.1, -0.05) is 42.5 Å². The highest BCUT2D eigenvalue weighted by Gasteiger charge is 2.21. The number of rotatable bonds is 2. The van der Waals surface area contributed by atoms with Crippen molar-refractivity contribution in [3.05, 3.63) is 54.6 Å². The lowest BCUT2D eigenvalue weighted by atomic mass is 9.96. The highest BCUT2D eigenvalue weighted by molar-refractivity contribution is 7.86. The first-order valence-electron chi connectivity index (χ1n) is 6.32. The number of phenolic OH excluding ortho intramolecular Hbond substituents is 2. The fraction of sp³-hybridized carbons (Fsp3) is 0. The van der Waals surface area contributed by atoms with Crippen molar-refractivity contribution >= 4 is 20.9 Å². The average Bonchev–Trinajstić information content (AvgIpc) is 2.47. The molecule has 0 atom stereocenters. The van der Waals surface area contributed by atoms with Crippen LogP contribution in [-0.2, 0) is 10.1 Å². The molecule has 3 aromatic carbocycles. The monoisotopic (exact) mass is 315 g/mol. The van der Waals surface area contributed by atoms with Crippen molar-refractivity contribution in [1.82, 2.24) is 0 Å². The van der Waals surface area contributed by atoms with E-state index in [2.05, 4.69) is 6.07 Å². The van der Waals surface area contributed by atoms with Gasteiger partial charge < -0.3 is 10.2 Å². The molecule has 3 N–H and O–H groups in total. The van der Waals surface area contributed by atoms with Crippen LogP contribution in [0.2, 0.25) is 0 Å². The van der Waals surface area contributed by atoms with Crippen molar-refractivity contribution in [2.24, 2.45) is 0 Å². The predicted molar refractivity (Wildman–Crippen MR) is 81.4 cm³/mol. The molecule has 0 amide bonds. The van der Waals surface area contributed by atoms with Crippen LogP contribution < -0.4 is 0 Å². The second kappa shape index (κ2) is 5.01. The number of hydrogen-bond acceptors (Lipinski definition) is 4. The molecule has 0 aliphatic rings. The Morgan fingerprint density at radius 1 is 0.955 bits per heavy atom. The first-order valence-corrected chi connectivity index (χ1v) is 7.76. The number of benzene rings is 3. The molecular formula is C16H11O5S. The van der Waals surface area contributed by atoms with Gasteiger partial charge in [0.1, 0.15) is 16.4 Å². The van der Waals surface area contributed by atoms with E-state index in [1.165, 1.54) is 12.1 Å². The van der Waals surface area contributed by atoms with Crippen LogP contribution in [0, 0.1) is 6.07 Å². The Kier molecular flexibility index (Phi) is 3.27. The molecule has 0 heterocycles. The van der Waals surface area contributed by atoms with Gasteiger partial charge in [0.15, 0.2) is 0 Å². The summed E-state index contributed by atoms with van der Waals surface area (Å²) in [5.74, 6) is -0.524. The molecule has 0 aliphatic heterocycles. The Morgan fingerprint density at radius 3 is 2.27 bits per heavy atom. The molecule has 0 aliphatic carbocycles. The van der Waals surface area contributed by atoms with Gasteiger partial charge >= 0.3 is 0 Å². The van der Waals surface area contributed by atoms with Crippen LogP contribution in [0.5, 0.6) is 11.5 Å². The Labute approximate surface area is 126 Å². The fourth-order valence-corrected chi connectivity index (χ4v) is 3.17. The lowest BCUT2D eigenvalue weighted by molar-refractivity contribution is 0.465. The maximum atomic E-state index is 11.5. The highest BCUT2D eigenvalue weighted by atomic mass is 32.2. The lowest BCUT2D eigenvalue weighted by Gasteiger charge is -2.13. The summed E-state index contributed by atoms with van der Waals surface area (Å²) < 4.78 is 32.3. The van der Waals surface area contributed by atoms with E-state index in [9.17, 15) is 23.2 Å². The smallest absolute Gasteiger partial charge is 0.295 e. The van der Waals surface area contributed by atoms with Gasteiger partial charge in [-0.15, -0.1) is 0 Å². The van der Waals surface area contributed by atoms with Crippen LogP contribution in [0.25, 0.3) is 21.9 Å². The van der Waals surface area contributed by atoms with Gasteiger partial charge in [-0.05, 0) is 5.39 Å². The third kappa shape index (κ3) is 2.28. The zero-order valence-electron chi connectivity index (χ0n) is 11.2. The van der Waals surface area contributed by atoms with Gasteiger partial charge in [-0.2, -0.15) is 8.42 Å². The summed E-state index contributed by atoms with van der Waals surface area (Å²) in [6.45, 7) is 0.